The molecule has 0 atom stereocenters. The fraction of sp³-hybridized carbons (Fsp3) is 0.400. The van der Waals surface area contributed by atoms with Gasteiger partial charge in [-0.2, -0.15) is 10.5 Å². The van der Waals surface area contributed by atoms with Crippen molar-refractivity contribution in [3.8, 4) is 23.8 Å². The number of pyridine rings is 1. The number of unbranched alkanes of at least 4 members (excludes halogenated alkanes) is 4. The molecule has 0 unspecified atom stereocenters. The van der Waals surface area contributed by atoms with Gasteiger partial charge in [-0.25, -0.2) is 18.7 Å². The predicted molar refractivity (Wildman–Crippen MR) is 168 cm³/mol. The molecule has 1 saturated heterocycles. The number of aryl methyl sites for hydroxylation is 1. The van der Waals surface area contributed by atoms with E-state index in [0.717, 1.165) is 63.5 Å². The molecule has 47 heavy (non-hydrogen) atoms. The topological polar surface area (TPSA) is 137 Å². The third kappa shape index (κ3) is 9.02. The van der Waals surface area contributed by atoms with Gasteiger partial charge in [0.1, 0.15) is 24.1 Å². The maximum Gasteiger partial charge on any atom is 0.307 e. The van der Waals surface area contributed by atoms with Crippen LogP contribution in [0.1, 0.15) is 67.6 Å². The third-order valence-corrected chi connectivity index (χ3v) is 8.13. The molecule has 0 saturated carbocycles. The van der Waals surface area contributed by atoms with E-state index in [4.69, 9.17) is 20.0 Å². The van der Waals surface area contributed by atoms with Gasteiger partial charge in [0.2, 0.25) is 5.88 Å². The van der Waals surface area contributed by atoms with E-state index in [-0.39, 0.29) is 36.0 Å². The minimum absolute atomic E-state index is 0.0389. The largest absolute Gasteiger partial charge is 0.484 e. The van der Waals surface area contributed by atoms with E-state index in [1.54, 1.807) is 24.3 Å². The molecule has 244 valence electrons. The lowest BCUT2D eigenvalue weighted by atomic mass is 10.1. The van der Waals surface area contributed by atoms with Gasteiger partial charge in [0, 0.05) is 32.1 Å². The zero-order valence-electron chi connectivity index (χ0n) is 26.0. The number of aromatic nitrogens is 3. The maximum atomic E-state index is 15.1. The summed E-state index contributed by atoms with van der Waals surface area (Å²) in [6.07, 6.45) is 5.23. The molecule has 2 aromatic carbocycles. The van der Waals surface area contributed by atoms with Gasteiger partial charge in [-0.1, -0.05) is 18.9 Å². The number of nitrogens with zero attached hydrogens (tertiary/aromatic N) is 6. The van der Waals surface area contributed by atoms with Crippen LogP contribution < -0.4 is 9.47 Å². The van der Waals surface area contributed by atoms with Crippen LogP contribution in [0, 0.1) is 34.3 Å². The average molecular weight is 643 g/mol. The summed E-state index contributed by atoms with van der Waals surface area (Å²) in [5.41, 5.74) is 2.03. The highest BCUT2D eigenvalue weighted by Crippen LogP contribution is 2.26. The Morgan fingerprint density at radius 2 is 1.81 bits per heavy atom. The number of carboxylic acids is 1. The number of hydrogen-bond acceptors (Lipinski definition) is 8. The number of fused-ring (bicyclic) bond motifs is 1. The summed E-state index contributed by atoms with van der Waals surface area (Å²) in [6.45, 7) is 2.64. The summed E-state index contributed by atoms with van der Waals surface area (Å²) in [7, 11) is 0. The highest BCUT2D eigenvalue weighted by Gasteiger charge is 2.24. The van der Waals surface area contributed by atoms with Crippen molar-refractivity contribution >= 4 is 17.0 Å². The molecule has 1 fully saturated rings. The van der Waals surface area contributed by atoms with Gasteiger partial charge in [0.15, 0.2) is 17.4 Å². The molecule has 1 aliphatic heterocycles. The molecule has 1 aliphatic rings. The summed E-state index contributed by atoms with van der Waals surface area (Å²) in [5, 5.41) is 27.0. The molecule has 0 bridgehead atoms. The van der Waals surface area contributed by atoms with Crippen LogP contribution in [0.5, 0.6) is 11.6 Å². The van der Waals surface area contributed by atoms with Gasteiger partial charge in [0.05, 0.1) is 41.9 Å². The number of benzene rings is 2. The number of ether oxygens (including phenoxy) is 2. The van der Waals surface area contributed by atoms with Gasteiger partial charge >= 0.3 is 5.97 Å². The number of rotatable bonds is 15. The van der Waals surface area contributed by atoms with Crippen molar-refractivity contribution in [3.63, 3.8) is 0 Å². The van der Waals surface area contributed by atoms with Crippen molar-refractivity contribution in [1.82, 2.24) is 19.4 Å². The van der Waals surface area contributed by atoms with Crippen LogP contribution in [-0.2, 0) is 30.9 Å². The molecule has 10 nitrogen and oxygen atoms in total. The number of aliphatic carboxylic acids is 1. The van der Waals surface area contributed by atoms with Crippen LogP contribution in [0.2, 0.25) is 0 Å². The Bertz CT molecular complexity index is 1790. The van der Waals surface area contributed by atoms with E-state index in [9.17, 15) is 14.3 Å². The molecule has 3 heterocycles. The molecule has 12 heteroatoms. The Labute approximate surface area is 271 Å². The molecule has 0 spiro atoms. The molecular weight excluding hydrogens is 606 g/mol. The van der Waals surface area contributed by atoms with Crippen molar-refractivity contribution in [2.75, 3.05) is 13.1 Å². The predicted octanol–water partition coefficient (Wildman–Crippen LogP) is 6.30. The molecule has 0 amide bonds. The number of carboxylic acid groups (broad SMARTS) is 1. The molecule has 0 aliphatic carbocycles. The second-order valence-corrected chi connectivity index (χ2v) is 11.6. The first kappa shape index (κ1) is 33.3. The van der Waals surface area contributed by atoms with Gasteiger partial charge in [0.25, 0.3) is 0 Å². The Balaban J connectivity index is 1.19. The lowest BCUT2D eigenvalue weighted by Gasteiger charge is -2.31. The van der Waals surface area contributed by atoms with Crippen LogP contribution in [0.15, 0.2) is 48.5 Å². The van der Waals surface area contributed by atoms with Crippen LogP contribution in [0.3, 0.4) is 0 Å². The first-order chi connectivity index (χ1) is 22.8. The molecule has 0 radical (unpaired) electrons. The summed E-state index contributed by atoms with van der Waals surface area (Å²) in [5.74, 6) is -0.936. The van der Waals surface area contributed by atoms with E-state index in [1.165, 1.54) is 18.2 Å². The number of halogens is 2. The Morgan fingerprint density at radius 1 is 1.00 bits per heavy atom. The quantitative estimate of drug-likeness (QED) is 0.148. The summed E-state index contributed by atoms with van der Waals surface area (Å²) in [4.78, 5) is 22.8. The number of piperidine rings is 1. The molecule has 4 aromatic rings. The SMILES string of the molecule is N#CCCCCCCn1c(CN2CCC(Oc3cccc(COc4ccc(C#N)cc4F)n3)CC2)nc2c(F)cc(CC(=O)O)cc21. The third-order valence-electron chi connectivity index (χ3n) is 8.13. The monoisotopic (exact) mass is 642 g/mol. The fourth-order valence-electron chi connectivity index (χ4n) is 5.76. The number of imidazole rings is 1. The Kier molecular flexibility index (Phi) is 11.3. The fourth-order valence-corrected chi connectivity index (χ4v) is 5.76. The van der Waals surface area contributed by atoms with E-state index in [2.05, 4.69) is 20.9 Å². The van der Waals surface area contributed by atoms with Crippen LogP contribution >= 0.6 is 0 Å². The summed E-state index contributed by atoms with van der Waals surface area (Å²) >= 11 is 0. The van der Waals surface area contributed by atoms with Crippen molar-refractivity contribution in [1.29, 1.82) is 10.5 Å². The number of likely N-dealkylation sites (tertiary alicyclic amines) is 1. The second-order valence-electron chi connectivity index (χ2n) is 11.6. The van der Waals surface area contributed by atoms with Crippen molar-refractivity contribution in [2.24, 2.45) is 0 Å². The van der Waals surface area contributed by atoms with Gasteiger partial charge in [-0.15, -0.1) is 0 Å². The van der Waals surface area contributed by atoms with Crippen molar-refractivity contribution in [2.45, 2.75) is 77.2 Å². The summed E-state index contributed by atoms with van der Waals surface area (Å²) < 4.78 is 43.0. The minimum Gasteiger partial charge on any atom is -0.484 e. The second kappa shape index (κ2) is 16.0. The van der Waals surface area contributed by atoms with Crippen LogP contribution in [-0.4, -0.2) is 49.7 Å². The van der Waals surface area contributed by atoms with Crippen molar-refractivity contribution < 1.29 is 28.2 Å². The van der Waals surface area contributed by atoms with E-state index in [1.807, 2.05) is 10.6 Å². The lowest BCUT2D eigenvalue weighted by molar-refractivity contribution is -0.136. The van der Waals surface area contributed by atoms with E-state index >= 15 is 4.39 Å². The first-order valence-electron chi connectivity index (χ1n) is 15.8. The first-order valence-corrected chi connectivity index (χ1v) is 15.8. The van der Waals surface area contributed by atoms with Crippen LogP contribution in [0.4, 0.5) is 8.78 Å². The molecule has 5 rings (SSSR count). The highest BCUT2D eigenvalue weighted by atomic mass is 19.1. The minimum atomic E-state index is -1.02. The highest BCUT2D eigenvalue weighted by molar-refractivity contribution is 5.80. The van der Waals surface area contributed by atoms with Gasteiger partial charge in [-0.05, 0) is 67.6 Å². The Hall–Kier alpha value is -5.07. The van der Waals surface area contributed by atoms with E-state index < -0.39 is 17.6 Å². The normalized spacial score (nSPS) is 13.7. The average Bonchev–Trinajstić information content (AvgIpc) is 3.40. The Morgan fingerprint density at radius 3 is 2.55 bits per heavy atom. The number of nitriles is 2. The zero-order chi connectivity index (χ0) is 33.2. The maximum absolute atomic E-state index is 15.1. The number of hydrogen-bond donors (Lipinski definition) is 1. The number of carbonyl (C=O) groups is 1. The molecule has 2 aromatic heterocycles. The molecule has 1 N–H and O–H groups in total. The molecular formula is C35H36F2N6O4. The van der Waals surface area contributed by atoms with Gasteiger partial charge < -0.3 is 19.1 Å². The zero-order valence-corrected chi connectivity index (χ0v) is 26.0. The van der Waals surface area contributed by atoms with Crippen molar-refractivity contribution in [3.05, 3.63) is 82.8 Å². The standard InChI is InChI=1S/C35H36F2N6O4/c36-28-17-24(21-39)9-10-31(28)46-23-26-7-6-8-33(40-26)47-27-11-15-42(16-12-27)22-32-41-35-29(37)18-25(20-34(44)45)19-30(35)43(32)14-5-3-1-2-4-13-38/h6-10,17-19,27H,1-5,11-12,14-16,20,22-23H2,(H,44,45). The smallest absolute Gasteiger partial charge is 0.307 e. The summed E-state index contributed by atoms with van der Waals surface area (Å²) in [6, 6.07) is 16.4. The van der Waals surface area contributed by atoms with Gasteiger partial charge in [-0.3, -0.25) is 9.69 Å². The van der Waals surface area contributed by atoms with E-state index in [0.29, 0.717) is 42.2 Å². The van der Waals surface area contributed by atoms with Crippen LogP contribution in [0.25, 0.3) is 11.0 Å². The lowest BCUT2D eigenvalue weighted by Crippen LogP contribution is -2.38.